The van der Waals surface area contributed by atoms with Crippen LogP contribution in [0.3, 0.4) is 0 Å². The molecule has 0 N–H and O–H groups in total. The van der Waals surface area contributed by atoms with Crippen LogP contribution in [-0.4, -0.2) is 20.7 Å². The third-order valence-corrected chi connectivity index (χ3v) is 4.12. The van der Waals surface area contributed by atoms with Crippen LogP contribution in [0.5, 0.6) is 0 Å². The summed E-state index contributed by atoms with van der Waals surface area (Å²) < 4.78 is 1.72. The number of rotatable bonds is 4. The number of hydrogen-bond donors (Lipinski definition) is 0. The average molecular weight is 359 g/mol. The molecule has 0 amide bonds. The second kappa shape index (κ2) is 7.33. The fraction of sp³-hybridized carbons (Fsp3) is 0. The van der Waals surface area contributed by atoms with Gasteiger partial charge >= 0.3 is 0 Å². The quantitative estimate of drug-likeness (QED) is 0.477. The van der Waals surface area contributed by atoms with Gasteiger partial charge in [0.05, 0.1) is 17.6 Å². The summed E-state index contributed by atoms with van der Waals surface area (Å²) in [5.41, 5.74) is 4.22. The van der Waals surface area contributed by atoms with E-state index in [-0.39, 0.29) is 0 Å². The topological polar surface area (TPSA) is 43.1 Å². The van der Waals surface area contributed by atoms with E-state index in [1.165, 1.54) is 0 Å². The number of para-hydroxylation sites is 1. The number of nitrogens with zero attached hydrogens (tertiary/aromatic N) is 4. The molecule has 0 aliphatic carbocycles. The molecule has 0 unspecified atom stereocenters. The summed E-state index contributed by atoms with van der Waals surface area (Å²) in [6.45, 7) is 0. The van der Waals surface area contributed by atoms with Crippen molar-refractivity contribution in [1.29, 1.82) is 0 Å². The minimum absolute atomic E-state index is 0.685. The Labute approximate surface area is 156 Å². The maximum absolute atomic E-state index is 5.96. The monoisotopic (exact) mass is 358 g/mol. The number of aromatic nitrogens is 3. The summed E-state index contributed by atoms with van der Waals surface area (Å²) in [4.78, 5) is 4.80. The summed E-state index contributed by atoms with van der Waals surface area (Å²) in [6.07, 6.45) is 1.87. The lowest BCUT2D eigenvalue weighted by atomic mass is 10.1. The highest BCUT2D eigenvalue weighted by Gasteiger charge is 2.12. The molecule has 0 saturated heterocycles. The molecule has 1 aromatic heterocycles. The van der Waals surface area contributed by atoms with Gasteiger partial charge in [0.2, 0.25) is 0 Å². The third-order valence-electron chi connectivity index (χ3n) is 3.87. The molecule has 0 saturated carbocycles. The van der Waals surface area contributed by atoms with Crippen molar-refractivity contribution < 1.29 is 0 Å². The second-order valence-electron chi connectivity index (χ2n) is 5.69. The molecule has 1 heterocycles. The summed E-state index contributed by atoms with van der Waals surface area (Å²) in [5.74, 6) is 0. The zero-order valence-electron chi connectivity index (χ0n) is 13.8. The van der Waals surface area contributed by atoms with Crippen LogP contribution in [0.1, 0.15) is 11.3 Å². The first-order valence-electron chi connectivity index (χ1n) is 8.17. The molecule has 4 nitrogen and oxygen atoms in total. The number of hydrogen-bond acceptors (Lipinski definition) is 3. The summed E-state index contributed by atoms with van der Waals surface area (Å²) in [7, 11) is 0. The van der Waals surface area contributed by atoms with Crippen LogP contribution in [0.2, 0.25) is 5.02 Å². The van der Waals surface area contributed by atoms with Gasteiger partial charge in [-0.1, -0.05) is 65.3 Å². The molecule has 126 valence electrons. The molecule has 5 heteroatoms. The van der Waals surface area contributed by atoms with Crippen molar-refractivity contribution in [2.75, 3.05) is 0 Å². The van der Waals surface area contributed by atoms with E-state index in [0.29, 0.717) is 10.7 Å². The van der Waals surface area contributed by atoms with E-state index in [1.54, 1.807) is 4.68 Å². The van der Waals surface area contributed by atoms with E-state index < -0.39 is 0 Å². The molecule has 0 fully saturated rings. The lowest BCUT2D eigenvalue weighted by Gasteiger charge is -2.04. The molecule has 0 radical (unpaired) electrons. The third kappa shape index (κ3) is 3.55. The Kier molecular flexibility index (Phi) is 4.58. The van der Waals surface area contributed by atoms with Crippen LogP contribution in [0.25, 0.3) is 5.69 Å². The molecule has 0 aliphatic heterocycles. The Hall–Kier alpha value is -3.24. The summed E-state index contributed by atoms with van der Waals surface area (Å²) in [6, 6.07) is 27.3. The van der Waals surface area contributed by atoms with Crippen LogP contribution in [0.15, 0.2) is 96.1 Å². The van der Waals surface area contributed by atoms with E-state index >= 15 is 0 Å². The van der Waals surface area contributed by atoms with Crippen LogP contribution in [0, 0.1) is 0 Å². The predicted octanol–water partition coefficient (Wildman–Crippen LogP) is 5.09. The van der Waals surface area contributed by atoms with Crippen LogP contribution in [-0.2, 0) is 0 Å². The minimum Gasteiger partial charge on any atom is -0.246 e. The number of benzene rings is 3. The second-order valence-corrected chi connectivity index (χ2v) is 6.12. The summed E-state index contributed by atoms with van der Waals surface area (Å²) in [5, 5.41) is 9.27. The SMILES string of the molecule is Clc1ccc(-n2cc(C(=Nc3ccccc3)c3ccccc3)nn2)cc1. The lowest BCUT2D eigenvalue weighted by molar-refractivity contribution is 0.803. The zero-order chi connectivity index (χ0) is 17.8. The molecule has 0 spiro atoms. The lowest BCUT2D eigenvalue weighted by Crippen LogP contribution is -2.03. The highest BCUT2D eigenvalue weighted by Crippen LogP contribution is 2.18. The number of halogens is 1. The van der Waals surface area contributed by atoms with Gasteiger partial charge in [-0.05, 0) is 36.4 Å². The van der Waals surface area contributed by atoms with Gasteiger partial charge in [0, 0.05) is 10.6 Å². The van der Waals surface area contributed by atoms with Gasteiger partial charge in [0.1, 0.15) is 11.4 Å². The minimum atomic E-state index is 0.685. The van der Waals surface area contributed by atoms with E-state index in [9.17, 15) is 0 Å². The molecule has 0 bridgehead atoms. The molecular formula is C21H15ClN4. The maximum atomic E-state index is 5.96. The Morgan fingerprint density at radius 2 is 1.46 bits per heavy atom. The van der Waals surface area contributed by atoms with Crippen molar-refractivity contribution in [3.05, 3.63) is 107 Å². The molecular weight excluding hydrogens is 344 g/mol. The standard InChI is InChI=1S/C21H15ClN4/c22-17-11-13-19(14-12-17)26-15-20(24-25-26)21(16-7-3-1-4-8-16)23-18-9-5-2-6-10-18/h1-15H. The Morgan fingerprint density at radius 3 is 2.15 bits per heavy atom. The fourth-order valence-corrected chi connectivity index (χ4v) is 2.72. The fourth-order valence-electron chi connectivity index (χ4n) is 2.59. The largest absolute Gasteiger partial charge is 0.246 e. The molecule has 0 aliphatic rings. The van der Waals surface area contributed by atoms with Crippen molar-refractivity contribution in [2.24, 2.45) is 4.99 Å². The first-order chi connectivity index (χ1) is 12.8. The van der Waals surface area contributed by atoms with Crippen molar-refractivity contribution in [1.82, 2.24) is 15.0 Å². The van der Waals surface area contributed by atoms with Gasteiger partial charge in [-0.3, -0.25) is 0 Å². The van der Waals surface area contributed by atoms with Gasteiger partial charge in [0.25, 0.3) is 0 Å². The summed E-state index contributed by atoms with van der Waals surface area (Å²) >= 11 is 5.96. The van der Waals surface area contributed by atoms with E-state index in [1.807, 2.05) is 91.1 Å². The predicted molar refractivity (Wildman–Crippen MR) is 105 cm³/mol. The smallest absolute Gasteiger partial charge is 0.132 e. The molecule has 0 atom stereocenters. The normalized spacial score (nSPS) is 11.5. The van der Waals surface area contributed by atoms with Gasteiger partial charge in [0.15, 0.2) is 0 Å². The van der Waals surface area contributed by atoms with Gasteiger partial charge in [-0.2, -0.15) is 0 Å². The zero-order valence-corrected chi connectivity index (χ0v) is 14.6. The molecule has 3 aromatic carbocycles. The average Bonchev–Trinajstić information content (AvgIpc) is 3.18. The Balaban J connectivity index is 1.78. The van der Waals surface area contributed by atoms with Crippen LogP contribution < -0.4 is 0 Å². The first kappa shape index (κ1) is 16.2. The molecule has 4 aromatic rings. The molecule has 26 heavy (non-hydrogen) atoms. The number of aliphatic imine (C=N–C) groups is 1. The van der Waals surface area contributed by atoms with Gasteiger partial charge in [-0.25, -0.2) is 9.67 Å². The van der Waals surface area contributed by atoms with Crippen molar-refractivity contribution >= 4 is 23.0 Å². The maximum Gasteiger partial charge on any atom is 0.132 e. The van der Waals surface area contributed by atoms with E-state index in [0.717, 1.165) is 22.6 Å². The first-order valence-corrected chi connectivity index (χ1v) is 8.55. The van der Waals surface area contributed by atoms with Crippen LogP contribution >= 0.6 is 11.6 Å². The van der Waals surface area contributed by atoms with Gasteiger partial charge in [-0.15, -0.1) is 5.10 Å². The van der Waals surface area contributed by atoms with E-state index in [2.05, 4.69) is 10.3 Å². The van der Waals surface area contributed by atoms with Crippen LogP contribution in [0.4, 0.5) is 5.69 Å². The Bertz CT molecular complexity index is 1020. The van der Waals surface area contributed by atoms with Crippen molar-refractivity contribution in [2.45, 2.75) is 0 Å². The van der Waals surface area contributed by atoms with Gasteiger partial charge < -0.3 is 0 Å². The highest BCUT2D eigenvalue weighted by molar-refractivity contribution is 6.30. The Morgan fingerprint density at radius 1 is 0.808 bits per heavy atom. The van der Waals surface area contributed by atoms with Crippen molar-refractivity contribution in [3.8, 4) is 5.69 Å². The van der Waals surface area contributed by atoms with Crippen molar-refractivity contribution in [3.63, 3.8) is 0 Å². The molecule has 4 rings (SSSR count). The highest BCUT2D eigenvalue weighted by atomic mass is 35.5. The van der Waals surface area contributed by atoms with E-state index in [4.69, 9.17) is 16.6 Å².